The third-order valence-electron chi connectivity index (χ3n) is 5.94. The summed E-state index contributed by atoms with van der Waals surface area (Å²) in [6, 6.07) is 25.8. The van der Waals surface area contributed by atoms with Crippen LogP contribution >= 0.6 is 23.2 Å². The molecule has 40 heavy (non-hydrogen) atoms. The number of hydrazone groups is 1. The quantitative estimate of drug-likeness (QED) is 0.167. The minimum absolute atomic E-state index is 0.0597. The first-order valence-electron chi connectivity index (χ1n) is 12.3. The molecule has 0 aliphatic carbocycles. The van der Waals surface area contributed by atoms with Crippen molar-refractivity contribution < 1.29 is 17.9 Å². The lowest BCUT2D eigenvalue weighted by Gasteiger charge is -2.24. The summed E-state index contributed by atoms with van der Waals surface area (Å²) >= 11 is 12.2. The van der Waals surface area contributed by atoms with Gasteiger partial charge in [0, 0.05) is 10.0 Å². The minimum Gasteiger partial charge on any atom is -0.489 e. The average molecular weight is 597 g/mol. The summed E-state index contributed by atoms with van der Waals surface area (Å²) in [5.74, 6) is 0.0522. The van der Waals surface area contributed by atoms with Crippen molar-refractivity contribution in [1.29, 1.82) is 0 Å². The summed E-state index contributed by atoms with van der Waals surface area (Å²) in [6.07, 6.45) is 1.46. The average Bonchev–Trinajstić information content (AvgIpc) is 2.94. The zero-order valence-corrected chi connectivity index (χ0v) is 24.2. The molecule has 0 atom stereocenters. The molecule has 0 bridgehead atoms. The van der Waals surface area contributed by atoms with Gasteiger partial charge in [0.05, 0.1) is 16.8 Å². The Balaban J connectivity index is 1.42. The summed E-state index contributed by atoms with van der Waals surface area (Å²) in [6.45, 7) is 3.57. The number of hydrogen-bond donors (Lipinski definition) is 1. The summed E-state index contributed by atoms with van der Waals surface area (Å²) in [4.78, 5) is 12.9. The van der Waals surface area contributed by atoms with Crippen LogP contribution in [-0.4, -0.2) is 27.1 Å². The van der Waals surface area contributed by atoms with Gasteiger partial charge >= 0.3 is 0 Å². The molecule has 0 saturated heterocycles. The number of ether oxygens (including phenoxy) is 1. The fourth-order valence-corrected chi connectivity index (χ4v) is 5.35. The van der Waals surface area contributed by atoms with Gasteiger partial charge in [-0.1, -0.05) is 59.1 Å². The molecule has 0 aromatic heterocycles. The molecule has 206 valence electrons. The zero-order valence-electron chi connectivity index (χ0n) is 21.8. The van der Waals surface area contributed by atoms with Crippen molar-refractivity contribution in [2.24, 2.45) is 5.10 Å². The van der Waals surface area contributed by atoms with E-state index in [4.69, 9.17) is 27.9 Å². The largest absolute Gasteiger partial charge is 0.489 e. The molecule has 4 aromatic carbocycles. The predicted octanol–water partition coefficient (Wildman–Crippen LogP) is 6.53. The number of nitrogens with one attached hydrogen (secondary N) is 1. The van der Waals surface area contributed by atoms with Crippen molar-refractivity contribution in [1.82, 2.24) is 5.43 Å². The molecule has 0 spiro atoms. The molecule has 0 aliphatic heterocycles. The maximum Gasteiger partial charge on any atom is 0.264 e. The van der Waals surface area contributed by atoms with Crippen LogP contribution < -0.4 is 14.5 Å². The number of aryl methyl sites for hydroxylation is 2. The van der Waals surface area contributed by atoms with E-state index in [1.807, 2.05) is 26.0 Å². The van der Waals surface area contributed by atoms with Gasteiger partial charge in [-0.2, -0.15) is 5.10 Å². The van der Waals surface area contributed by atoms with Gasteiger partial charge in [0.2, 0.25) is 0 Å². The standard InChI is InChI=1S/C30H27Cl2N3O4S/c1-21-3-15-28(16-4-21)40(37,38)35(26-12-5-22(2)29(32)17-26)19-30(36)34-33-18-23-8-13-27(14-9-23)39-20-24-6-10-25(31)11-7-24/h3-18H,19-20H2,1-2H3,(H,34,36)/b33-18-. The molecule has 1 N–H and O–H groups in total. The Hall–Kier alpha value is -3.85. The van der Waals surface area contributed by atoms with Crippen molar-refractivity contribution in [3.8, 4) is 5.75 Å². The van der Waals surface area contributed by atoms with E-state index in [0.717, 1.165) is 21.0 Å². The lowest BCUT2D eigenvalue weighted by atomic mass is 10.2. The normalized spacial score (nSPS) is 11.4. The fourth-order valence-electron chi connectivity index (χ4n) is 3.63. The molecule has 0 radical (unpaired) electrons. The van der Waals surface area contributed by atoms with Crippen LogP contribution in [0.5, 0.6) is 5.75 Å². The van der Waals surface area contributed by atoms with E-state index in [2.05, 4.69) is 10.5 Å². The van der Waals surface area contributed by atoms with E-state index < -0.39 is 22.5 Å². The summed E-state index contributed by atoms with van der Waals surface area (Å²) < 4.78 is 33.8. The number of benzene rings is 4. The third kappa shape index (κ3) is 7.63. The van der Waals surface area contributed by atoms with Gasteiger partial charge < -0.3 is 4.74 Å². The van der Waals surface area contributed by atoms with Crippen LogP contribution in [0.2, 0.25) is 10.0 Å². The van der Waals surface area contributed by atoms with Crippen LogP contribution in [0.15, 0.2) is 101 Å². The van der Waals surface area contributed by atoms with Crippen LogP contribution in [0.1, 0.15) is 22.3 Å². The maximum absolute atomic E-state index is 13.5. The maximum atomic E-state index is 13.5. The van der Waals surface area contributed by atoms with Crippen molar-refractivity contribution in [2.45, 2.75) is 25.3 Å². The number of carbonyl (C=O) groups excluding carboxylic acids is 1. The summed E-state index contributed by atoms with van der Waals surface area (Å²) in [7, 11) is -4.06. The van der Waals surface area contributed by atoms with Crippen LogP contribution in [0, 0.1) is 13.8 Å². The minimum atomic E-state index is -4.06. The van der Waals surface area contributed by atoms with Crippen molar-refractivity contribution >= 4 is 51.0 Å². The number of sulfonamides is 1. The molecular formula is C30H27Cl2N3O4S. The topological polar surface area (TPSA) is 88.1 Å². The summed E-state index contributed by atoms with van der Waals surface area (Å²) in [5.41, 5.74) is 6.08. The van der Waals surface area contributed by atoms with E-state index >= 15 is 0 Å². The second kappa shape index (κ2) is 13.0. The Morgan fingerprint density at radius 2 is 1.60 bits per heavy atom. The van der Waals surface area contributed by atoms with Gasteiger partial charge in [0.25, 0.3) is 15.9 Å². The third-order valence-corrected chi connectivity index (χ3v) is 8.39. The SMILES string of the molecule is Cc1ccc(S(=O)(=O)N(CC(=O)N/N=C\c2ccc(OCc3ccc(Cl)cc3)cc2)c2ccc(C)c(Cl)c2)cc1. The first kappa shape index (κ1) is 29.1. The first-order valence-corrected chi connectivity index (χ1v) is 14.5. The number of nitrogens with zero attached hydrogens (tertiary/aromatic N) is 2. The van der Waals surface area contributed by atoms with E-state index in [0.29, 0.717) is 28.0 Å². The Labute approximate surface area is 244 Å². The van der Waals surface area contributed by atoms with Crippen LogP contribution in [0.25, 0.3) is 0 Å². The smallest absolute Gasteiger partial charge is 0.264 e. The molecule has 0 fully saturated rings. The first-order chi connectivity index (χ1) is 19.1. The Kier molecular flexibility index (Phi) is 9.47. The lowest BCUT2D eigenvalue weighted by Crippen LogP contribution is -2.39. The highest BCUT2D eigenvalue weighted by atomic mass is 35.5. The molecular weight excluding hydrogens is 569 g/mol. The molecule has 1 amide bonds. The van der Waals surface area contributed by atoms with Crippen molar-refractivity contribution in [2.75, 3.05) is 10.8 Å². The second-order valence-electron chi connectivity index (χ2n) is 9.04. The van der Waals surface area contributed by atoms with E-state index in [1.54, 1.807) is 60.7 Å². The highest BCUT2D eigenvalue weighted by Gasteiger charge is 2.27. The monoisotopic (exact) mass is 595 g/mol. The van der Waals surface area contributed by atoms with E-state index in [9.17, 15) is 13.2 Å². The number of hydrogen-bond acceptors (Lipinski definition) is 5. The number of amides is 1. The molecule has 7 nitrogen and oxygen atoms in total. The predicted molar refractivity (Wildman–Crippen MR) is 160 cm³/mol. The number of carbonyl (C=O) groups is 1. The van der Waals surface area contributed by atoms with Gasteiger partial charge in [0.15, 0.2) is 0 Å². The molecule has 4 aromatic rings. The Morgan fingerprint density at radius 1 is 0.925 bits per heavy atom. The lowest BCUT2D eigenvalue weighted by molar-refractivity contribution is -0.119. The highest BCUT2D eigenvalue weighted by Crippen LogP contribution is 2.28. The number of halogens is 2. The molecule has 0 heterocycles. The van der Waals surface area contributed by atoms with Crippen LogP contribution in [0.3, 0.4) is 0 Å². The van der Waals surface area contributed by atoms with Gasteiger partial charge in [-0.05, 0) is 91.2 Å². The fraction of sp³-hybridized carbons (Fsp3) is 0.133. The molecule has 10 heteroatoms. The molecule has 4 rings (SSSR count). The van der Waals surface area contributed by atoms with E-state index in [1.165, 1.54) is 24.4 Å². The van der Waals surface area contributed by atoms with Gasteiger partial charge in [-0.15, -0.1) is 0 Å². The Morgan fingerprint density at radius 3 is 2.25 bits per heavy atom. The van der Waals surface area contributed by atoms with Gasteiger partial charge in [-0.25, -0.2) is 13.8 Å². The Bertz CT molecular complexity index is 1610. The summed E-state index contributed by atoms with van der Waals surface area (Å²) in [5, 5.41) is 5.05. The van der Waals surface area contributed by atoms with Gasteiger partial charge in [0.1, 0.15) is 18.9 Å². The van der Waals surface area contributed by atoms with Crippen molar-refractivity contribution in [3.05, 3.63) is 123 Å². The molecule has 0 aliphatic rings. The zero-order chi connectivity index (χ0) is 28.7. The molecule has 0 saturated carbocycles. The van der Waals surface area contributed by atoms with Gasteiger partial charge in [-0.3, -0.25) is 9.10 Å². The van der Waals surface area contributed by atoms with E-state index in [-0.39, 0.29) is 10.6 Å². The molecule has 0 unspecified atom stereocenters. The van der Waals surface area contributed by atoms with Crippen LogP contribution in [0.4, 0.5) is 5.69 Å². The van der Waals surface area contributed by atoms with Crippen molar-refractivity contribution in [3.63, 3.8) is 0 Å². The number of rotatable bonds is 10. The van der Waals surface area contributed by atoms with Crippen LogP contribution in [-0.2, 0) is 21.4 Å². The second-order valence-corrected chi connectivity index (χ2v) is 11.7. The number of anilines is 1. The highest BCUT2D eigenvalue weighted by molar-refractivity contribution is 7.92.